The number of nitrogens with one attached hydrogen (secondary N) is 1. The molecule has 1 aliphatic rings. The molecule has 0 saturated carbocycles. The van der Waals surface area contributed by atoms with Gasteiger partial charge in [0, 0.05) is 26.1 Å². The van der Waals surface area contributed by atoms with Crippen LogP contribution >= 0.6 is 0 Å². The van der Waals surface area contributed by atoms with Gasteiger partial charge in [0.25, 0.3) is 0 Å². The molecule has 30 heavy (non-hydrogen) atoms. The fraction of sp³-hybridized carbons (Fsp3) is 0.500. The zero-order valence-corrected chi connectivity index (χ0v) is 16.5. The van der Waals surface area contributed by atoms with E-state index in [-0.39, 0.29) is 17.9 Å². The smallest absolute Gasteiger partial charge is 0.416 e. The highest BCUT2D eigenvalue weighted by Gasteiger charge is 2.32. The second-order valence-electron chi connectivity index (χ2n) is 6.65. The summed E-state index contributed by atoms with van der Waals surface area (Å²) in [5.74, 6) is -3.48. The first kappa shape index (κ1) is 25.0. The van der Waals surface area contributed by atoms with E-state index >= 15 is 0 Å². The lowest BCUT2D eigenvalue weighted by molar-refractivity contribution is -0.159. The Morgan fingerprint density at radius 1 is 1.23 bits per heavy atom. The van der Waals surface area contributed by atoms with E-state index in [1.165, 1.54) is 12.1 Å². The first-order valence-corrected chi connectivity index (χ1v) is 8.87. The molecule has 12 heteroatoms. The Labute approximate surface area is 171 Å². The summed E-state index contributed by atoms with van der Waals surface area (Å²) in [7, 11) is 3.84. The number of hydrogen-bond acceptors (Lipinski definition) is 5. The van der Waals surface area contributed by atoms with E-state index in [1.807, 2.05) is 19.0 Å². The van der Waals surface area contributed by atoms with Crippen molar-refractivity contribution in [3.05, 3.63) is 29.8 Å². The topological polar surface area (TPSA) is 119 Å². The lowest BCUT2D eigenvalue weighted by Gasteiger charge is -2.19. The van der Waals surface area contributed by atoms with Gasteiger partial charge in [0.1, 0.15) is 11.9 Å². The van der Waals surface area contributed by atoms with Gasteiger partial charge in [-0.3, -0.25) is 0 Å². The molecule has 2 rings (SSSR count). The molecule has 2 amide bonds. The highest BCUT2D eigenvalue weighted by Crippen LogP contribution is 2.31. The number of nitrogens with zero attached hydrogens (tertiary/aromatic N) is 2. The van der Waals surface area contributed by atoms with Crippen LogP contribution in [0.15, 0.2) is 24.3 Å². The molecule has 1 aromatic carbocycles. The number of likely N-dealkylation sites (N-methyl/N-ethyl adjacent to an activating group) is 1. The molecule has 0 aliphatic carbocycles. The molecule has 1 atom stereocenters. The Bertz CT molecular complexity index is 730. The van der Waals surface area contributed by atoms with Gasteiger partial charge in [-0.1, -0.05) is 6.07 Å². The number of hydrogen-bond donors (Lipinski definition) is 3. The summed E-state index contributed by atoms with van der Waals surface area (Å²) in [6.07, 6.45) is -4.10. The zero-order valence-electron chi connectivity index (χ0n) is 16.5. The number of halogens is 3. The van der Waals surface area contributed by atoms with Crippen molar-refractivity contribution in [2.24, 2.45) is 0 Å². The van der Waals surface area contributed by atoms with E-state index in [4.69, 9.17) is 24.5 Å². The molecule has 0 aromatic heterocycles. The molecule has 1 saturated heterocycles. The number of alkyl halides is 3. The number of likely N-dealkylation sites (tertiary alicyclic amines) is 1. The van der Waals surface area contributed by atoms with Crippen LogP contribution < -0.4 is 10.1 Å². The standard InChI is InChI=1S/C16H22F3N3O2.C2H2O4/c1-21(2)9-7-20-15(23)22-8-6-14(11-22)24-13-5-3-4-12(10-13)16(17,18)19;3-1(4)2(5)6/h3-5,10,14H,6-9,11H2,1-2H3,(H,20,23);(H,3,4)(H,5,6). The van der Waals surface area contributed by atoms with E-state index in [2.05, 4.69) is 5.32 Å². The van der Waals surface area contributed by atoms with Gasteiger partial charge in [-0.05, 0) is 32.3 Å². The largest absolute Gasteiger partial charge is 0.489 e. The lowest BCUT2D eigenvalue weighted by Crippen LogP contribution is -2.41. The number of carbonyl (C=O) groups is 3. The number of carboxylic acids is 2. The van der Waals surface area contributed by atoms with E-state index in [0.717, 1.165) is 18.7 Å². The van der Waals surface area contributed by atoms with E-state index < -0.39 is 23.7 Å². The first-order valence-electron chi connectivity index (χ1n) is 8.87. The summed E-state index contributed by atoms with van der Waals surface area (Å²) < 4.78 is 43.7. The Hall–Kier alpha value is -3.02. The van der Waals surface area contributed by atoms with Gasteiger partial charge in [-0.25, -0.2) is 14.4 Å². The number of aliphatic carboxylic acids is 2. The van der Waals surface area contributed by atoms with E-state index in [1.54, 1.807) is 4.90 Å². The summed E-state index contributed by atoms with van der Waals surface area (Å²) in [5, 5.41) is 17.6. The summed E-state index contributed by atoms with van der Waals surface area (Å²) >= 11 is 0. The monoisotopic (exact) mass is 435 g/mol. The van der Waals surface area contributed by atoms with Crippen LogP contribution in [0.25, 0.3) is 0 Å². The molecule has 0 spiro atoms. The third kappa shape index (κ3) is 8.99. The highest BCUT2D eigenvalue weighted by molar-refractivity contribution is 6.27. The number of rotatable bonds is 5. The minimum absolute atomic E-state index is 0.171. The number of ether oxygens (including phenoxy) is 1. The molecule has 9 nitrogen and oxygen atoms in total. The molecule has 3 N–H and O–H groups in total. The van der Waals surface area contributed by atoms with Crippen LogP contribution in [-0.2, 0) is 15.8 Å². The van der Waals surface area contributed by atoms with Crippen LogP contribution in [0.3, 0.4) is 0 Å². The average molecular weight is 435 g/mol. The molecular formula is C18H24F3N3O6. The maximum Gasteiger partial charge on any atom is 0.416 e. The van der Waals surface area contributed by atoms with E-state index in [0.29, 0.717) is 26.1 Å². The molecule has 1 aromatic rings. The second-order valence-corrected chi connectivity index (χ2v) is 6.65. The second kappa shape index (κ2) is 11.2. The van der Waals surface area contributed by atoms with Gasteiger partial charge in [0.05, 0.1) is 12.1 Å². The van der Waals surface area contributed by atoms with Crippen molar-refractivity contribution >= 4 is 18.0 Å². The number of carbonyl (C=O) groups excluding carboxylic acids is 1. The average Bonchev–Trinajstić information content (AvgIpc) is 3.10. The number of amides is 2. The van der Waals surface area contributed by atoms with Crippen molar-refractivity contribution in [1.82, 2.24) is 15.1 Å². The van der Waals surface area contributed by atoms with Crippen LogP contribution in [0.2, 0.25) is 0 Å². The summed E-state index contributed by atoms with van der Waals surface area (Å²) in [4.78, 5) is 33.8. The normalized spacial score (nSPS) is 15.9. The van der Waals surface area contributed by atoms with Crippen LogP contribution in [-0.4, -0.2) is 84.4 Å². The lowest BCUT2D eigenvalue weighted by atomic mass is 10.2. The van der Waals surface area contributed by atoms with Crippen molar-refractivity contribution in [3.63, 3.8) is 0 Å². The summed E-state index contributed by atoms with van der Waals surface area (Å²) in [6.45, 7) is 2.17. The molecule has 1 unspecified atom stereocenters. The molecule has 1 fully saturated rings. The molecule has 168 valence electrons. The highest BCUT2D eigenvalue weighted by atomic mass is 19.4. The Balaban J connectivity index is 0.000000656. The number of carboxylic acid groups (broad SMARTS) is 2. The first-order chi connectivity index (χ1) is 13.9. The van der Waals surface area contributed by atoms with Crippen molar-refractivity contribution in [2.75, 3.05) is 40.3 Å². The fourth-order valence-electron chi connectivity index (χ4n) is 2.45. The minimum Gasteiger partial charge on any atom is -0.489 e. The Morgan fingerprint density at radius 3 is 2.40 bits per heavy atom. The SMILES string of the molecule is CN(C)CCNC(=O)N1CCC(Oc2cccc(C(F)(F)F)c2)C1.O=C(O)C(=O)O. The van der Waals surface area contributed by atoms with Crippen molar-refractivity contribution < 1.29 is 42.5 Å². The summed E-state index contributed by atoms with van der Waals surface area (Å²) in [5.41, 5.74) is -0.740. The Kier molecular flexibility index (Phi) is 9.37. The van der Waals surface area contributed by atoms with Crippen LogP contribution in [0.1, 0.15) is 12.0 Å². The van der Waals surface area contributed by atoms with E-state index in [9.17, 15) is 18.0 Å². The quantitative estimate of drug-likeness (QED) is 0.601. The van der Waals surface area contributed by atoms with Crippen LogP contribution in [0.5, 0.6) is 5.75 Å². The zero-order chi connectivity index (χ0) is 22.9. The van der Waals surface area contributed by atoms with Gasteiger partial charge < -0.3 is 30.1 Å². The maximum atomic E-state index is 12.7. The molecule has 1 heterocycles. The predicted molar refractivity (Wildman–Crippen MR) is 99.3 cm³/mol. The minimum atomic E-state index is -4.40. The van der Waals surface area contributed by atoms with Crippen molar-refractivity contribution in [2.45, 2.75) is 18.7 Å². The third-order valence-corrected chi connectivity index (χ3v) is 3.91. The predicted octanol–water partition coefficient (Wildman–Crippen LogP) is 1.59. The molecular weight excluding hydrogens is 411 g/mol. The van der Waals surface area contributed by atoms with Gasteiger partial charge >= 0.3 is 24.1 Å². The third-order valence-electron chi connectivity index (χ3n) is 3.91. The van der Waals surface area contributed by atoms with Crippen LogP contribution in [0, 0.1) is 0 Å². The maximum absolute atomic E-state index is 12.7. The van der Waals surface area contributed by atoms with Crippen molar-refractivity contribution in [3.8, 4) is 5.75 Å². The van der Waals surface area contributed by atoms with Gasteiger partial charge in [0.15, 0.2) is 0 Å². The Morgan fingerprint density at radius 2 is 1.87 bits per heavy atom. The van der Waals surface area contributed by atoms with Gasteiger partial charge in [-0.15, -0.1) is 0 Å². The molecule has 1 aliphatic heterocycles. The molecule has 0 bridgehead atoms. The van der Waals surface area contributed by atoms with Gasteiger partial charge in [0.2, 0.25) is 0 Å². The number of benzene rings is 1. The van der Waals surface area contributed by atoms with Gasteiger partial charge in [-0.2, -0.15) is 13.2 Å². The summed E-state index contributed by atoms with van der Waals surface area (Å²) in [6, 6.07) is 4.63. The van der Waals surface area contributed by atoms with Crippen LogP contribution in [0.4, 0.5) is 18.0 Å². The fourth-order valence-corrected chi connectivity index (χ4v) is 2.45. The van der Waals surface area contributed by atoms with Crippen molar-refractivity contribution in [1.29, 1.82) is 0 Å². The number of urea groups is 1. The molecule has 0 radical (unpaired) electrons.